The van der Waals surface area contributed by atoms with Gasteiger partial charge in [-0.15, -0.1) is 0 Å². The van der Waals surface area contributed by atoms with Crippen LogP contribution in [0.1, 0.15) is 65.5 Å². The summed E-state index contributed by atoms with van der Waals surface area (Å²) in [5.74, 6) is 2.21. The minimum atomic E-state index is -0.0864. The molecule has 4 aliphatic rings. The normalized spacial score (nSPS) is 20.7. The summed E-state index contributed by atoms with van der Waals surface area (Å²) >= 11 is 0. The van der Waals surface area contributed by atoms with Gasteiger partial charge in [0.1, 0.15) is 13.5 Å². The van der Waals surface area contributed by atoms with Crippen LogP contribution in [0.15, 0.2) is 101 Å². The molecule has 1 aliphatic heterocycles. The number of hydrogen-bond acceptors (Lipinski definition) is 7. The number of nitrogens with one attached hydrogen (secondary N) is 2. The second-order valence-electron chi connectivity index (χ2n) is 12.6. The van der Waals surface area contributed by atoms with Crippen LogP contribution < -0.4 is 10.6 Å². The van der Waals surface area contributed by atoms with Crippen LogP contribution in [0.4, 0.5) is 5.69 Å². The topological polar surface area (TPSA) is 86.3 Å². The number of allylic oxidation sites excluding steroid dienone is 5. The standard InChI is InChI=1S/C38H47N5O2.CH2O.2H2/c1-4-19-42(5-2)38-41-35-22-31-20-30(31)21-34(35)36(43(38)33-9-7-6-8-10-33)23-37(44)39-24-28-15-17-32(18-16-28)40-26-45-25-29-13-11-27(3)12-14-29;1-2;;/h7,9-18,21-22,30-31,36,40H,4-6,8,19-20,23-26H2,1-3H3,(H,39,44);1H2;2*1H. The summed E-state index contributed by atoms with van der Waals surface area (Å²) in [6, 6.07) is 16.5. The van der Waals surface area contributed by atoms with E-state index in [9.17, 15) is 4.79 Å². The maximum absolute atomic E-state index is 13.6. The van der Waals surface area contributed by atoms with E-state index in [4.69, 9.17) is 14.5 Å². The number of anilines is 1. The van der Waals surface area contributed by atoms with E-state index in [0.29, 0.717) is 38.1 Å². The molecule has 1 amide bonds. The van der Waals surface area contributed by atoms with E-state index in [1.165, 1.54) is 17.6 Å². The lowest BCUT2D eigenvalue weighted by Crippen LogP contribution is -2.53. The maximum atomic E-state index is 13.6. The molecule has 2 N–H and O–H groups in total. The van der Waals surface area contributed by atoms with Crippen molar-refractivity contribution >= 4 is 24.3 Å². The summed E-state index contributed by atoms with van der Waals surface area (Å²) in [6.07, 6.45) is 16.2. The van der Waals surface area contributed by atoms with Crippen LogP contribution >= 0.6 is 0 Å². The van der Waals surface area contributed by atoms with Crippen LogP contribution in [0.25, 0.3) is 0 Å². The smallest absolute Gasteiger partial charge is 0.222 e. The van der Waals surface area contributed by atoms with E-state index >= 15 is 0 Å². The van der Waals surface area contributed by atoms with Crippen molar-refractivity contribution < 1.29 is 17.2 Å². The van der Waals surface area contributed by atoms with Gasteiger partial charge >= 0.3 is 0 Å². The van der Waals surface area contributed by atoms with Crippen LogP contribution in [0.3, 0.4) is 0 Å². The van der Waals surface area contributed by atoms with Crippen molar-refractivity contribution in [2.24, 2.45) is 16.8 Å². The second-order valence-corrected chi connectivity index (χ2v) is 12.6. The van der Waals surface area contributed by atoms with Gasteiger partial charge in [0.25, 0.3) is 0 Å². The second kappa shape index (κ2) is 16.4. The number of ether oxygens (including phenoxy) is 1. The van der Waals surface area contributed by atoms with E-state index in [1.807, 2.05) is 18.9 Å². The van der Waals surface area contributed by atoms with E-state index in [2.05, 4.69) is 108 Å². The highest BCUT2D eigenvalue weighted by Gasteiger charge is 2.44. The largest absolute Gasteiger partial charge is 0.363 e. The Morgan fingerprint density at radius 2 is 1.79 bits per heavy atom. The number of nitrogens with zero attached hydrogens (tertiary/aromatic N) is 3. The zero-order valence-corrected chi connectivity index (χ0v) is 28.1. The van der Waals surface area contributed by atoms with Crippen LogP contribution in [-0.2, 0) is 27.5 Å². The van der Waals surface area contributed by atoms with E-state index < -0.39 is 0 Å². The molecular weight excluding hydrogens is 586 g/mol. The van der Waals surface area contributed by atoms with Gasteiger partial charge in [0.2, 0.25) is 11.9 Å². The lowest BCUT2D eigenvalue weighted by molar-refractivity contribution is -0.121. The Morgan fingerprint density at radius 1 is 1.04 bits per heavy atom. The van der Waals surface area contributed by atoms with Crippen LogP contribution in [0.5, 0.6) is 0 Å². The minimum Gasteiger partial charge on any atom is -0.363 e. The predicted octanol–water partition coefficient (Wildman–Crippen LogP) is 7.36. The molecule has 0 saturated heterocycles. The monoisotopic (exact) mass is 639 g/mol. The van der Waals surface area contributed by atoms with Crippen molar-refractivity contribution in [3.05, 3.63) is 113 Å². The Balaban J connectivity index is 0.00000160. The summed E-state index contributed by atoms with van der Waals surface area (Å²) in [5.41, 5.74) is 7.88. The Morgan fingerprint density at radius 3 is 2.49 bits per heavy atom. The third kappa shape index (κ3) is 8.69. The van der Waals surface area contributed by atoms with Crippen LogP contribution in [-0.4, -0.2) is 54.3 Å². The number of aliphatic imine (C=N–C) groups is 1. The van der Waals surface area contributed by atoms with Gasteiger partial charge in [-0.2, -0.15) is 0 Å². The van der Waals surface area contributed by atoms with Gasteiger partial charge in [0.05, 0.1) is 24.8 Å². The molecule has 47 heavy (non-hydrogen) atoms. The molecule has 1 heterocycles. The number of guanidine groups is 1. The summed E-state index contributed by atoms with van der Waals surface area (Å²) in [4.78, 5) is 31.6. The molecule has 0 spiro atoms. The van der Waals surface area contributed by atoms with Crippen LogP contribution in [0.2, 0.25) is 0 Å². The number of hydrogen-bond donors (Lipinski definition) is 2. The Kier molecular flexibility index (Phi) is 11.8. The molecule has 0 radical (unpaired) electrons. The average Bonchev–Trinajstić information content (AvgIpc) is 3.88. The molecule has 1 saturated carbocycles. The highest BCUT2D eigenvalue weighted by Crippen LogP contribution is 2.49. The molecule has 3 aliphatic carbocycles. The summed E-state index contributed by atoms with van der Waals surface area (Å²) < 4.78 is 5.79. The number of carbonyl (C=O) groups excluding carboxylic acids is 2. The fraction of sp³-hybridized carbons (Fsp3) is 0.410. The molecule has 3 atom stereocenters. The van der Waals surface area contributed by atoms with Crippen molar-refractivity contribution in [2.45, 2.75) is 72.1 Å². The molecule has 8 heteroatoms. The number of carbonyl (C=O) groups is 2. The molecule has 8 nitrogen and oxygen atoms in total. The third-order valence-corrected chi connectivity index (χ3v) is 9.06. The van der Waals surface area contributed by atoms with Gasteiger partial charge in [-0.05, 0) is 86.3 Å². The molecule has 6 rings (SSSR count). The molecule has 0 aromatic heterocycles. The highest BCUT2D eigenvalue weighted by molar-refractivity contribution is 5.88. The summed E-state index contributed by atoms with van der Waals surface area (Å²) in [6.45, 7) is 11.8. The zero-order valence-electron chi connectivity index (χ0n) is 28.1. The van der Waals surface area contributed by atoms with Crippen LogP contribution in [0, 0.1) is 18.8 Å². The Hall–Kier alpha value is -4.43. The molecule has 1 fully saturated rings. The van der Waals surface area contributed by atoms with Crippen molar-refractivity contribution in [1.82, 2.24) is 15.1 Å². The van der Waals surface area contributed by atoms with Gasteiger partial charge in [0, 0.05) is 33.9 Å². The van der Waals surface area contributed by atoms with Gasteiger partial charge in [0.15, 0.2) is 0 Å². The SMILES string of the molecule is C=O.CCCN(CC)C1=NC2=CC3CC3C=C2C(CC(=O)NCc2ccc(NCOCc3ccc(C)cc3)cc2)N1C1=CCCC=C1.[HH].[HH]. The first kappa shape index (κ1) is 33.9. The van der Waals surface area contributed by atoms with Gasteiger partial charge in [-0.25, -0.2) is 4.99 Å². The summed E-state index contributed by atoms with van der Waals surface area (Å²) in [7, 11) is 0. The fourth-order valence-corrected chi connectivity index (χ4v) is 6.40. The highest BCUT2D eigenvalue weighted by atomic mass is 16.5. The molecule has 3 unspecified atom stereocenters. The zero-order chi connectivity index (χ0) is 33.2. The lowest BCUT2D eigenvalue weighted by atomic mass is 9.91. The van der Waals surface area contributed by atoms with Crippen molar-refractivity contribution in [3.8, 4) is 0 Å². The molecule has 2 aromatic rings. The third-order valence-electron chi connectivity index (χ3n) is 9.06. The average molecular weight is 640 g/mol. The fourth-order valence-electron chi connectivity index (χ4n) is 6.40. The molecule has 2 aromatic carbocycles. The number of rotatable bonds is 13. The van der Waals surface area contributed by atoms with Crippen molar-refractivity contribution in [2.75, 3.05) is 25.1 Å². The van der Waals surface area contributed by atoms with Gasteiger partial charge in [-0.3, -0.25) is 4.79 Å². The van der Waals surface area contributed by atoms with Gasteiger partial charge in [-0.1, -0.05) is 73.2 Å². The summed E-state index contributed by atoms with van der Waals surface area (Å²) in [5, 5.41) is 6.53. The van der Waals surface area contributed by atoms with Crippen molar-refractivity contribution in [3.63, 3.8) is 0 Å². The quantitative estimate of drug-likeness (QED) is 0.176. The minimum absolute atomic E-state index is 0. The van der Waals surface area contributed by atoms with Gasteiger partial charge < -0.3 is 30.0 Å². The number of aryl methyl sites for hydroxylation is 1. The lowest BCUT2D eigenvalue weighted by Gasteiger charge is -2.44. The number of benzene rings is 2. The predicted molar refractivity (Wildman–Crippen MR) is 194 cm³/mol. The maximum Gasteiger partial charge on any atom is 0.222 e. The first-order valence-electron chi connectivity index (χ1n) is 17.0. The number of fused-ring (bicyclic) bond motifs is 2. The first-order chi connectivity index (χ1) is 23.0. The van der Waals surface area contributed by atoms with E-state index in [1.54, 1.807) is 0 Å². The molecule has 252 valence electrons. The Labute approximate surface area is 282 Å². The van der Waals surface area contributed by atoms with Crippen molar-refractivity contribution in [1.29, 1.82) is 0 Å². The van der Waals surface area contributed by atoms with E-state index in [0.717, 1.165) is 66.5 Å². The molecular formula is C39H53N5O3. The Bertz CT molecular complexity index is 1530. The van der Waals surface area contributed by atoms with E-state index in [-0.39, 0.29) is 14.8 Å². The number of amides is 1. The first-order valence-corrected chi connectivity index (χ1v) is 17.0. The molecule has 0 bridgehead atoms.